The molecule has 0 aromatic heterocycles. The van der Waals surface area contributed by atoms with Crippen molar-refractivity contribution in [2.75, 3.05) is 20.8 Å². The predicted molar refractivity (Wildman–Crippen MR) is 111 cm³/mol. The molecular formula is C23H25NO6. The van der Waals surface area contributed by atoms with Gasteiger partial charge in [-0.1, -0.05) is 0 Å². The third kappa shape index (κ3) is 7.76. The molecule has 2 rings (SSSR count). The summed E-state index contributed by atoms with van der Waals surface area (Å²) in [7, 11) is 3.13. The standard InChI is InChI=1S/C14H15NO4.C9H10O2/c1-3-19-14(17)11(9-15)8-13(16)10-4-6-12(18-2)7-5-10;1-7(10)8-3-5-9(11-2)6-4-8/h4-7,11H,3,8H2,1-2H3;3-6H,1-2H3. The Morgan fingerprint density at radius 1 is 0.900 bits per heavy atom. The Labute approximate surface area is 176 Å². The summed E-state index contributed by atoms with van der Waals surface area (Å²) in [6.07, 6.45) is -0.179. The third-order valence-electron chi connectivity index (χ3n) is 4.03. The van der Waals surface area contributed by atoms with Crippen LogP contribution in [-0.2, 0) is 9.53 Å². The minimum Gasteiger partial charge on any atom is -0.497 e. The molecule has 0 aliphatic carbocycles. The van der Waals surface area contributed by atoms with Crippen molar-refractivity contribution < 1.29 is 28.6 Å². The summed E-state index contributed by atoms with van der Waals surface area (Å²) in [6, 6.07) is 15.3. The van der Waals surface area contributed by atoms with Crippen LogP contribution >= 0.6 is 0 Å². The summed E-state index contributed by atoms with van der Waals surface area (Å²) >= 11 is 0. The Kier molecular flexibility index (Phi) is 10.3. The summed E-state index contributed by atoms with van der Waals surface area (Å²) in [5.74, 6) is -0.509. The van der Waals surface area contributed by atoms with Crippen molar-refractivity contribution in [3.05, 3.63) is 59.7 Å². The van der Waals surface area contributed by atoms with Crippen LogP contribution in [0.15, 0.2) is 48.5 Å². The van der Waals surface area contributed by atoms with Crippen LogP contribution in [0.5, 0.6) is 11.5 Å². The third-order valence-corrected chi connectivity index (χ3v) is 4.03. The van der Waals surface area contributed by atoms with Gasteiger partial charge in [0.15, 0.2) is 17.5 Å². The first-order valence-electron chi connectivity index (χ1n) is 9.24. The van der Waals surface area contributed by atoms with Crippen LogP contribution in [0.25, 0.3) is 0 Å². The SMILES string of the molecule is CCOC(=O)C(C#N)CC(=O)c1ccc(OC)cc1.COc1ccc(C(C)=O)cc1. The van der Waals surface area contributed by atoms with E-state index < -0.39 is 11.9 Å². The fraction of sp³-hybridized carbons (Fsp3) is 0.304. The fourth-order valence-corrected chi connectivity index (χ4v) is 2.33. The number of nitrogens with zero attached hydrogens (tertiary/aromatic N) is 1. The van der Waals surface area contributed by atoms with Gasteiger partial charge in [-0.2, -0.15) is 5.26 Å². The molecule has 0 bridgehead atoms. The molecule has 0 amide bonds. The van der Waals surface area contributed by atoms with E-state index in [1.165, 1.54) is 7.11 Å². The van der Waals surface area contributed by atoms with Gasteiger partial charge in [-0.25, -0.2) is 0 Å². The Morgan fingerprint density at radius 3 is 1.73 bits per heavy atom. The van der Waals surface area contributed by atoms with E-state index in [-0.39, 0.29) is 24.6 Å². The molecule has 0 saturated heterocycles. The molecule has 0 N–H and O–H groups in total. The second-order valence-corrected chi connectivity index (χ2v) is 6.07. The Morgan fingerprint density at radius 2 is 1.37 bits per heavy atom. The maximum absolute atomic E-state index is 11.9. The highest BCUT2D eigenvalue weighted by molar-refractivity contribution is 5.98. The Balaban J connectivity index is 0.000000346. The maximum atomic E-state index is 11.9. The number of hydrogen-bond donors (Lipinski definition) is 0. The van der Waals surface area contributed by atoms with Crippen molar-refractivity contribution in [3.63, 3.8) is 0 Å². The van der Waals surface area contributed by atoms with Crippen molar-refractivity contribution in [2.45, 2.75) is 20.3 Å². The van der Waals surface area contributed by atoms with Gasteiger partial charge >= 0.3 is 5.97 Å². The van der Waals surface area contributed by atoms with E-state index in [2.05, 4.69) is 0 Å². The quantitative estimate of drug-likeness (QED) is 0.480. The molecule has 0 saturated carbocycles. The van der Waals surface area contributed by atoms with E-state index in [0.29, 0.717) is 16.9 Å². The second kappa shape index (κ2) is 12.7. The number of ketones is 2. The van der Waals surface area contributed by atoms with Gasteiger partial charge in [0.2, 0.25) is 0 Å². The summed E-state index contributed by atoms with van der Waals surface area (Å²) in [5, 5.41) is 8.88. The number of ether oxygens (including phenoxy) is 3. The van der Waals surface area contributed by atoms with Crippen molar-refractivity contribution in [3.8, 4) is 17.6 Å². The van der Waals surface area contributed by atoms with Gasteiger partial charge < -0.3 is 14.2 Å². The van der Waals surface area contributed by atoms with Crippen LogP contribution in [0.3, 0.4) is 0 Å². The molecule has 158 valence electrons. The number of esters is 1. The van der Waals surface area contributed by atoms with Crippen molar-refractivity contribution in [2.24, 2.45) is 5.92 Å². The lowest BCUT2D eigenvalue weighted by atomic mass is 9.99. The number of methoxy groups -OCH3 is 2. The zero-order chi connectivity index (χ0) is 22.5. The Bertz CT molecular complexity index is 881. The molecule has 0 spiro atoms. The number of Topliss-reactive ketones (excluding diaryl/α,β-unsaturated/α-hetero) is 2. The van der Waals surface area contributed by atoms with Crippen LogP contribution < -0.4 is 9.47 Å². The summed E-state index contributed by atoms with van der Waals surface area (Å²) in [5.41, 5.74) is 1.15. The minimum absolute atomic E-state index is 0.0765. The normalized spacial score (nSPS) is 10.5. The lowest BCUT2D eigenvalue weighted by Gasteiger charge is -2.08. The number of hydrogen-bond acceptors (Lipinski definition) is 7. The van der Waals surface area contributed by atoms with Crippen molar-refractivity contribution in [1.29, 1.82) is 5.26 Å². The average molecular weight is 411 g/mol. The van der Waals surface area contributed by atoms with Crippen LogP contribution in [0.2, 0.25) is 0 Å². The molecule has 1 unspecified atom stereocenters. The molecule has 7 nitrogen and oxygen atoms in total. The molecule has 2 aromatic carbocycles. The van der Waals surface area contributed by atoms with Crippen LogP contribution in [0.4, 0.5) is 0 Å². The van der Waals surface area contributed by atoms with Gasteiger partial charge in [0.1, 0.15) is 11.5 Å². The number of rotatable bonds is 8. The summed E-state index contributed by atoms with van der Waals surface area (Å²) < 4.78 is 14.7. The van der Waals surface area contributed by atoms with E-state index in [0.717, 1.165) is 5.75 Å². The van der Waals surface area contributed by atoms with E-state index in [4.69, 9.17) is 19.5 Å². The first-order chi connectivity index (χ1) is 14.4. The van der Waals surface area contributed by atoms with Crippen LogP contribution in [-0.4, -0.2) is 38.4 Å². The van der Waals surface area contributed by atoms with Crippen molar-refractivity contribution in [1.82, 2.24) is 0 Å². The first kappa shape index (κ1) is 24.4. The summed E-state index contributed by atoms with van der Waals surface area (Å²) in [6.45, 7) is 3.38. The summed E-state index contributed by atoms with van der Waals surface area (Å²) in [4.78, 5) is 34.2. The first-order valence-corrected chi connectivity index (χ1v) is 9.24. The molecule has 1 atom stereocenters. The van der Waals surface area contributed by atoms with E-state index in [9.17, 15) is 14.4 Å². The van der Waals surface area contributed by atoms with Gasteiger partial charge in [0.05, 0.1) is 26.9 Å². The molecule has 30 heavy (non-hydrogen) atoms. The number of carbonyl (C=O) groups excluding carboxylic acids is 3. The number of benzene rings is 2. The van der Waals surface area contributed by atoms with Crippen LogP contribution in [0.1, 0.15) is 41.0 Å². The van der Waals surface area contributed by atoms with E-state index in [1.54, 1.807) is 75.6 Å². The molecule has 2 aromatic rings. The maximum Gasteiger partial charge on any atom is 0.323 e. The zero-order valence-corrected chi connectivity index (χ0v) is 17.5. The smallest absolute Gasteiger partial charge is 0.323 e. The highest BCUT2D eigenvalue weighted by Crippen LogP contribution is 2.15. The Hall–Kier alpha value is -3.66. The molecule has 0 aliphatic rings. The predicted octanol–water partition coefficient (Wildman–Crippen LogP) is 3.87. The second-order valence-electron chi connectivity index (χ2n) is 6.07. The number of carbonyl (C=O) groups is 3. The number of nitriles is 1. The fourth-order valence-electron chi connectivity index (χ4n) is 2.33. The molecular weight excluding hydrogens is 386 g/mol. The molecule has 0 fully saturated rings. The largest absolute Gasteiger partial charge is 0.497 e. The lowest BCUT2D eigenvalue weighted by molar-refractivity contribution is -0.145. The minimum atomic E-state index is -1.06. The van der Waals surface area contributed by atoms with E-state index >= 15 is 0 Å². The molecule has 7 heteroatoms. The van der Waals surface area contributed by atoms with Gasteiger partial charge in [0.25, 0.3) is 0 Å². The van der Waals surface area contributed by atoms with Gasteiger partial charge in [-0.05, 0) is 62.4 Å². The topological polar surface area (TPSA) is 103 Å². The van der Waals surface area contributed by atoms with E-state index in [1.807, 2.05) is 0 Å². The molecule has 0 radical (unpaired) electrons. The molecule has 0 aliphatic heterocycles. The zero-order valence-electron chi connectivity index (χ0n) is 17.5. The highest BCUT2D eigenvalue weighted by atomic mass is 16.5. The average Bonchev–Trinajstić information content (AvgIpc) is 2.77. The van der Waals surface area contributed by atoms with Gasteiger partial charge in [-0.15, -0.1) is 0 Å². The monoisotopic (exact) mass is 411 g/mol. The van der Waals surface area contributed by atoms with Crippen molar-refractivity contribution >= 4 is 17.5 Å². The molecule has 0 heterocycles. The van der Waals surface area contributed by atoms with Crippen LogP contribution in [0, 0.1) is 17.2 Å². The van der Waals surface area contributed by atoms with Gasteiger partial charge in [0, 0.05) is 17.5 Å². The van der Waals surface area contributed by atoms with Gasteiger partial charge in [-0.3, -0.25) is 14.4 Å². The lowest BCUT2D eigenvalue weighted by Crippen LogP contribution is -2.19. The highest BCUT2D eigenvalue weighted by Gasteiger charge is 2.23.